The van der Waals surface area contributed by atoms with Crippen molar-refractivity contribution < 1.29 is 17.9 Å². The number of rotatable bonds is 5. The highest BCUT2D eigenvalue weighted by molar-refractivity contribution is 7.88. The Balaban J connectivity index is 2.34. The molecule has 0 aliphatic carbocycles. The summed E-state index contributed by atoms with van der Waals surface area (Å²) >= 11 is 6.03. The first-order valence-corrected chi connectivity index (χ1v) is 9.86. The molecule has 1 aromatic carbocycles. The van der Waals surface area contributed by atoms with Crippen molar-refractivity contribution >= 4 is 27.6 Å². The highest BCUT2D eigenvalue weighted by Gasteiger charge is 2.45. The first kappa shape index (κ1) is 18.2. The highest BCUT2D eigenvalue weighted by Crippen LogP contribution is 2.36. The van der Waals surface area contributed by atoms with Gasteiger partial charge in [0.2, 0.25) is 10.0 Å². The summed E-state index contributed by atoms with van der Waals surface area (Å²) in [6.45, 7) is 2.61. The molecule has 1 aliphatic rings. The lowest BCUT2D eigenvalue weighted by Crippen LogP contribution is -2.51. The molecule has 5 nitrogen and oxygen atoms in total. The second kappa shape index (κ2) is 7.20. The molecule has 23 heavy (non-hydrogen) atoms. The maximum absolute atomic E-state index is 12.6. The van der Waals surface area contributed by atoms with Gasteiger partial charge in [-0.2, -0.15) is 0 Å². The Bertz CT molecular complexity index is 676. The molecule has 128 valence electrons. The summed E-state index contributed by atoms with van der Waals surface area (Å²) in [6, 6.07) is 7.30. The zero-order chi connectivity index (χ0) is 17.1. The molecule has 1 atom stereocenters. The molecule has 0 bridgehead atoms. The minimum atomic E-state index is -3.35. The number of ether oxygens (including phenoxy) is 1. The van der Waals surface area contributed by atoms with Crippen molar-refractivity contribution in [3.05, 3.63) is 34.9 Å². The Labute approximate surface area is 142 Å². The molecule has 0 saturated carbocycles. The quantitative estimate of drug-likeness (QED) is 0.758. The number of halogens is 1. The monoisotopic (exact) mass is 359 g/mol. The lowest BCUT2D eigenvalue weighted by Gasteiger charge is -2.40. The predicted octanol–water partition coefficient (Wildman–Crippen LogP) is 2.49. The van der Waals surface area contributed by atoms with Crippen molar-refractivity contribution in [2.75, 3.05) is 26.0 Å². The van der Waals surface area contributed by atoms with E-state index in [-0.39, 0.29) is 19.1 Å². The molecule has 0 N–H and O–H groups in total. The Kier molecular flexibility index (Phi) is 5.70. The molecule has 7 heteroatoms. The van der Waals surface area contributed by atoms with E-state index in [0.717, 1.165) is 5.56 Å². The van der Waals surface area contributed by atoms with Crippen LogP contribution in [0.5, 0.6) is 0 Å². The van der Waals surface area contributed by atoms with Crippen LogP contribution in [0.3, 0.4) is 0 Å². The van der Waals surface area contributed by atoms with Gasteiger partial charge in [0.25, 0.3) is 0 Å². The van der Waals surface area contributed by atoms with Gasteiger partial charge in [0, 0.05) is 18.1 Å². The molecule has 1 aliphatic heterocycles. The van der Waals surface area contributed by atoms with E-state index in [1.165, 1.54) is 10.6 Å². The van der Waals surface area contributed by atoms with Crippen molar-refractivity contribution in [3.63, 3.8) is 0 Å². The van der Waals surface area contributed by atoms with E-state index in [2.05, 4.69) is 0 Å². The summed E-state index contributed by atoms with van der Waals surface area (Å²) in [5, 5.41) is 0.595. The van der Waals surface area contributed by atoms with E-state index in [4.69, 9.17) is 16.3 Å². The maximum atomic E-state index is 12.6. The van der Waals surface area contributed by atoms with E-state index in [0.29, 0.717) is 30.8 Å². The molecule has 0 aromatic heterocycles. The van der Waals surface area contributed by atoms with Gasteiger partial charge in [0.15, 0.2) is 0 Å². The molecule has 1 heterocycles. The molecule has 2 rings (SSSR count). The van der Waals surface area contributed by atoms with Crippen molar-refractivity contribution in [1.29, 1.82) is 0 Å². The van der Waals surface area contributed by atoms with Crippen LogP contribution in [-0.4, -0.2) is 44.6 Å². The minimum absolute atomic E-state index is 0.150. The average Bonchev–Trinajstić information content (AvgIpc) is 2.47. The Morgan fingerprint density at radius 3 is 2.78 bits per heavy atom. The third-order valence-electron chi connectivity index (χ3n) is 4.15. The average molecular weight is 360 g/mol. The summed E-state index contributed by atoms with van der Waals surface area (Å²) in [5.41, 5.74) is 0.0445. The first-order chi connectivity index (χ1) is 10.8. The predicted molar refractivity (Wildman–Crippen MR) is 89.9 cm³/mol. The summed E-state index contributed by atoms with van der Waals surface area (Å²) in [5.74, 6) is -0.340. The number of piperidine rings is 1. The summed E-state index contributed by atoms with van der Waals surface area (Å²) < 4.78 is 30.5. The fourth-order valence-corrected chi connectivity index (χ4v) is 4.23. The van der Waals surface area contributed by atoms with E-state index in [1.54, 1.807) is 13.0 Å². The third-order valence-corrected chi connectivity index (χ3v) is 5.64. The second-order valence-corrected chi connectivity index (χ2v) is 8.43. The van der Waals surface area contributed by atoms with E-state index in [9.17, 15) is 13.2 Å². The zero-order valence-corrected chi connectivity index (χ0v) is 15.0. The maximum Gasteiger partial charge on any atom is 0.313 e. The number of carbonyl (C=O) groups excluding carboxylic acids is 1. The van der Waals surface area contributed by atoms with Gasteiger partial charge >= 0.3 is 5.97 Å². The van der Waals surface area contributed by atoms with Gasteiger partial charge in [-0.25, -0.2) is 12.7 Å². The van der Waals surface area contributed by atoms with Gasteiger partial charge in [0.1, 0.15) is 0 Å². The number of hydrogen-bond donors (Lipinski definition) is 0. The molecule has 0 spiro atoms. The lowest BCUT2D eigenvalue weighted by molar-refractivity contribution is -0.157. The van der Waals surface area contributed by atoms with Crippen LogP contribution in [0.25, 0.3) is 0 Å². The second-order valence-electron chi connectivity index (χ2n) is 6.01. The van der Waals surface area contributed by atoms with E-state index in [1.807, 2.05) is 18.2 Å². The Morgan fingerprint density at radius 1 is 1.43 bits per heavy atom. The van der Waals surface area contributed by atoms with E-state index >= 15 is 0 Å². The fourth-order valence-electron chi connectivity index (χ4n) is 3.08. The summed E-state index contributed by atoms with van der Waals surface area (Å²) in [4.78, 5) is 12.6. The van der Waals surface area contributed by atoms with Crippen molar-refractivity contribution in [2.24, 2.45) is 5.41 Å². The van der Waals surface area contributed by atoms with Gasteiger partial charge < -0.3 is 4.74 Å². The minimum Gasteiger partial charge on any atom is -0.466 e. The standard InChI is InChI=1S/C16H22ClNO4S/c1-3-22-15(19)16(11-13-6-4-7-14(17)10-13)8-5-9-18(12-16)23(2,20)21/h4,6-7,10H,3,5,8-9,11-12H2,1-2H3/t16-/m1/s1. The fraction of sp³-hybridized carbons (Fsp3) is 0.562. The number of esters is 1. The van der Waals surface area contributed by atoms with Gasteiger partial charge in [-0.15, -0.1) is 0 Å². The number of nitrogens with zero attached hydrogens (tertiary/aromatic N) is 1. The van der Waals surface area contributed by atoms with Gasteiger partial charge in [0.05, 0.1) is 18.3 Å². The van der Waals surface area contributed by atoms with Crippen LogP contribution in [0, 0.1) is 5.41 Å². The number of carbonyl (C=O) groups is 1. The molecular formula is C16H22ClNO4S. The van der Waals surface area contributed by atoms with Crippen LogP contribution in [0.4, 0.5) is 0 Å². The molecule has 1 aromatic rings. The smallest absolute Gasteiger partial charge is 0.313 e. The topological polar surface area (TPSA) is 63.7 Å². The summed E-state index contributed by atoms with van der Waals surface area (Å²) in [7, 11) is -3.35. The van der Waals surface area contributed by atoms with Crippen LogP contribution >= 0.6 is 11.6 Å². The summed E-state index contributed by atoms with van der Waals surface area (Å²) in [6.07, 6.45) is 2.82. The Morgan fingerprint density at radius 2 is 2.17 bits per heavy atom. The molecule has 1 saturated heterocycles. The normalized spacial score (nSPS) is 22.7. The first-order valence-electron chi connectivity index (χ1n) is 7.64. The van der Waals surface area contributed by atoms with E-state index < -0.39 is 15.4 Å². The van der Waals surface area contributed by atoms with Gasteiger partial charge in [-0.3, -0.25) is 4.79 Å². The zero-order valence-electron chi connectivity index (χ0n) is 13.4. The van der Waals surface area contributed by atoms with Crippen molar-refractivity contribution in [2.45, 2.75) is 26.2 Å². The van der Waals surface area contributed by atoms with Crippen LogP contribution in [0.15, 0.2) is 24.3 Å². The van der Waals surface area contributed by atoms with Crippen LogP contribution in [-0.2, 0) is 26.0 Å². The van der Waals surface area contributed by atoms with Gasteiger partial charge in [-0.1, -0.05) is 23.7 Å². The van der Waals surface area contributed by atoms with Crippen LogP contribution in [0.2, 0.25) is 5.02 Å². The lowest BCUT2D eigenvalue weighted by atomic mass is 9.75. The molecule has 0 unspecified atom stereocenters. The molecule has 0 amide bonds. The number of benzene rings is 1. The molecule has 1 fully saturated rings. The SMILES string of the molecule is CCOC(=O)[C@@]1(Cc2cccc(Cl)c2)CCCN(S(C)(=O)=O)C1. The van der Waals surface area contributed by atoms with Gasteiger partial charge in [-0.05, 0) is 43.9 Å². The van der Waals surface area contributed by atoms with Crippen molar-refractivity contribution in [3.8, 4) is 0 Å². The molecular weight excluding hydrogens is 338 g/mol. The Hall–Kier alpha value is -1.11. The number of sulfonamides is 1. The van der Waals surface area contributed by atoms with Crippen molar-refractivity contribution in [1.82, 2.24) is 4.31 Å². The largest absolute Gasteiger partial charge is 0.466 e. The number of hydrogen-bond acceptors (Lipinski definition) is 4. The van der Waals surface area contributed by atoms with Crippen LogP contribution in [0.1, 0.15) is 25.3 Å². The third kappa shape index (κ3) is 4.46. The van der Waals surface area contributed by atoms with Crippen LogP contribution < -0.4 is 0 Å². The highest BCUT2D eigenvalue weighted by atomic mass is 35.5. The molecule has 0 radical (unpaired) electrons.